The Morgan fingerprint density at radius 2 is 0.655 bits per heavy atom. The molecule has 58 heavy (non-hydrogen) atoms. The van der Waals surface area contributed by atoms with Crippen LogP contribution >= 0.6 is 0 Å². The minimum atomic E-state index is 0.503. The first-order chi connectivity index (χ1) is 28.6. The highest BCUT2D eigenvalue weighted by atomic mass is 16.5. The highest BCUT2D eigenvalue weighted by Gasteiger charge is 2.19. The van der Waals surface area contributed by atoms with Crippen LogP contribution in [0.4, 0.5) is 0 Å². The Labute approximate surface area is 354 Å². The van der Waals surface area contributed by atoms with E-state index in [0.29, 0.717) is 11.8 Å². The standard InChI is InChI=1S/C50H82N4O4/c1-43(39-45-19-21-47(55-35-15-31-51-23-7-3-8-24-51)49(41-45)57-37-17-33-53-27-11-5-12-28-53)44(2)40-46-20-22-48(56-36-16-32-52-25-9-4-10-26-52)50(42-46)58-38-18-34-54-29-13-6-14-30-54/h19-22,41-44H,3-18,23-40H2,1-2H3/t43-,44-/m0/s1. The average molecular weight is 803 g/mol. The Morgan fingerprint density at radius 1 is 0.379 bits per heavy atom. The first kappa shape index (κ1) is 45.0. The van der Waals surface area contributed by atoms with E-state index in [1.165, 1.54) is 141 Å². The molecule has 0 unspecified atom stereocenters. The SMILES string of the molecule is C[C@@H](Cc1ccc(OCCCN2CCCCC2)c(OCCCN2CCCCC2)c1)[C@@H](C)Cc1ccc(OCCCN2CCCCC2)c(OCCCN2CCCCC2)c1. The van der Waals surface area contributed by atoms with Crippen molar-refractivity contribution < 1.29 is 18.9 Å². The number of piperidine rings is 4. The molecule has 4 heterocycles. The molecule has 4 aliphatic heterocycles. The third kappa shape index (κ3) is 16.2. The van der Waals surface area contributed by atoms with Crippen LogP contribution in [-0.4, -0.2) is 125 Å². The van der Waals surface area contributed by atoms with Gasteiger partial charge in [0.2, 0.25) is 0 Å². The molecule has 0 bridgehead atoms. The van der Waals surface area contributed by atoms with Crippen molar-refractivity contribution in [1.29, 1.82) is 0 Å². The first-order valence-corrected chi connectivity index (χ1v) is 24.3. The lowest BCUT2D eigenvalue weighted by atomic mass is 9.85. The summed E-state index contributed by atoms with van der Waals surface area (Å²) in [4.78, 5) is 10.4. The molecule has 0 amide bonds. The summed E-state index contributed by atoms with van der Waals surface area (Å²) >= 11 is 0. The summed E-state index contributed by atoms with van der Waals surface area (Å²) in [6.45, 7) is 22.2. The monoisotopic (exact) mass is 803 g/mol. The normalized spacial score (nSPS) is 20.1. The van der Waals surface area contributed by atoms with E-state index in [1.807, 2.05) is 0 Å². The highest BCUT2D eigenvalue weighted by molar-refractivity contribution is 5.44. The molecular formula is C50H82N4O4. The number of ether oxygens (including phenoxy) is 4. The van der Waals surface area contributed by atoms with E-state index >= 15 is 0 Å². The summed E-state index contributed by atoms with van der Waals surface area (Å²) in [6.07, 6.45) is 22.5. The summed E-state index contributed by atoms with van der Waals surface area (Å²) in [7, 11) is 0. The Morgan fingerprint density at radius 3 is 0.948 bits per heavy atom. The fourth-order valence-corrected chi connectivity index (χ4v) is 9.58. The maximum absolute atomic E-state index is 6.53. The van der Waals surface area contributed by atoms with Crippen LogP contribution in [0.25, 0.3) is 0 Å². The quantitative estimate of drug-likeness (QED) is 0.0921. The Bertz CT molecular complexity index is 1290. The fourth-order valence-electron chi connectivity index (χ4n) is 9.58. The van der Waals surface area contributed by atoms with E-state index in [-0.39, 0.29) is 0 Å². The summed E-state index contributed by atoms with van der Waals surface area (Å²) in [5.41, 5.74) is 2.66. The molecule has 4 saturated heterocycles. The number of nitrogens with zero attached hydrogens (tertiary/aromatic N) is 4. The van der Waals surface area contributed by atoms with Gasteiger partial charge in [0.05, 0.1) is 26.4 Å². The molecule has 2 atom stereocenters. The van der Waals surface area contributed by atoms with Crippen molar-refractivity contribution in [1.82, 2.24) is 19.6 Å². The van der Waals surface area contributed by atoms with Crippen LogP contribution in [0.3, 0.4) is 0 Å². The molecule has 0 aromatic heterocycles. The van der Waals surface area contributed by atoms with Gasteiger partial charge < -0.3 is 38.5 Å². The van der Waals surface area contributed by atoms with Crippen molar-refractivity contribution in [3.05, 3.63) is 47.5 Å². The molecule has 8 heteroatoms. The lowest BCUT2D eigenvalue weighted by Gasteiger charge is -2.26. The number of benzene rings is 2. The summed E-state index contributed by atoms with van der Waals surface area (Å²) < 4.78 is 25.9. The molecular weight excluding hydrogens is 721 g/mol. The van der Waals surface area contributed by atoms with Crippen molar-refractivity contribution in [2.75, 3.05) is 105 Å². The Kier molecular flexibility index (Phi) is 20.1. The minimum absolute atomic E-state index is 0.503. The molecule has 0 aliphatic carbocycles. The third-order valence-corrected chi connectivity index (χ3v) is 13.4. The van der Waals surface area contributed by atoms with Gasteiger partial charge in [-0.05, 0) is 189 Å². The van der Waals surface area contributed by atoms with Gasteiger partial charge in [0, 0.05) is 26.2 Å². The van der Waals surface area contributed by atoms with Crippen LogP contribution in [0, 0.1) is 11.8 Å². The van der Waals surface area contributed by atoms with Crippen molar-refractivity contribution in [3.8, 4) is 23.0 Å². The molecule has 8 nitrogen and oxygen atoms in total. The maximum atomic E-state index is 6.53. The van der Waals surface area contributed by atoms with E-state index in [1.54, 1.807) is 0 Å². The predicted octanol–water partition coefficient (Wildman–Crippen LogP) is 9.76. The van der Waals surface area contributed by atoms with E-state index in [9.17, 15) is 0 Å². The molecule has 326 valence electrons. The topological polar surface area (TPSA) is 49.9 Å². The van der Waals surface area contributed by atoms with Crippen LogP contribution in [0.2, 0.25) is 0 Å². The average Bonchev–Trinajstić information content (AvgIpc) is 3.26. The van der Waals surface area contributed by atoms with Gasteiger partial charge in [-0.25, -0.2) is 0 Å². The van der Waals surface area contributed by atoms with Gasteiger partial charge in [0.25, 0.3) is 0 Å². The molecule has 0 radical (unpaired) electrons. The van der Waals surface area contributed by atoms with E-state index in [0.717, 1.165) is 114 Å². The predicted molar refractivity (Wildman–Crippen MR) is 240 cm³/mol. The smallest absolute Gasteiger partial charge is 0.161 e. The number of rotatable bonds is 25. The molecule has 0 spiro atoms. The van der Waals surface area contributed by atoms with Crippen LogP contribution in [-0.2, 0) is 12.8 Å². The van der Waals surface area contributed by atoms with Gasteiger partial charge >= 0.3 is 0 Å². The number of hydrogen-bond donors (Lipinski definition) is 0. The highest BCUT2D eigenvalue weighted by Crippen LogP contribution is 2.33. The maximum Gasteiger partial charge on any atom is 0.161 e. The second kappa shape index (κ2) is 26.0. The zero-order valence-corrected chi connectivity index (χ0v) is 37.1. The number of likely N-dealkylation sites (tertiary alicyclic amines) is 4. The summed E-state index contributed by atoms with van der Waals surface area (Å²) in [5.74, 6) is 4.65. The van der Waals surface area contributed by atoms with Gasteiger partial charge in [0.1, 0.15) is 0 Å². The van der Waals surface area contributed by atoms with Crippen LogP contribution in [0.5, 0.6) is 23.0 Å². The van der Waals surface area contributed by atoms with Crippen LogP contribution in [0.1, 0.15) is 128 Å². The third-order valence-electron chi connectivity index (χ3n) is 13.4. The molecule has 2 aromatic carbocycles. The summed E-state index contributed by atoms with van der Waals surface area (Å²) in [6, 6.07) is 13.4. The zero-order chi connectivity index (χ0) is 40.0. The molecule has 0 saturated carbocycles. The minimum Gasteiger partial charge on any atom is -0.490 e. The van der Waals surface area contributed by atoms with Crippen LogP contribution < -0.4 is 18.9 Å². The second-order valence-electron chi connectivity index (χ2n) is 18.3. The van der Waals surface area contributed by atoms with Crippen molar-refractivity contribution in [2.45, 2.75) is 129 Å². The van der Waals surface area contributed by atoms with E-state index < -0.39 is 0 Å². The molecule has 0 N–H and O–H groups in total. The lowest BCUT2D eigenvalue weighted by Crippen LogP contribution is -2.31. The van der Waals surface area contributed by atoms with Crippen molar-refractivity contribution in [3.63, 3.8) is 0 Å². The van der Waals surface area contributed by atoms with Gasteiger partial charge in [-0.1, -0.05) is 51.7 Å². The van der Waals surface area contributed by atoms with Crippen LogP contribution in [0.15, 0.2) is 36.4 Å². The molecule has 6 rings (SSSR count). The number of hydrogen-bond acceptors (Lipinski definition) is 8. The van der Waals surface area contributed by atoms with Crippen molar-refractivity contribution in [2.24, 2.45) is 11.8 Å². The lowest BCUT2D eigenvalue weighted by molar-refractivity contribution is 0.193. The Balaban J connectivity index is 1.02. The Hall–Kier alpha value is -2.52. The van der Waals surface area contributed by atoms with Gasteiger partial charge in [-0.15, -0.1) is 0 Å². The molecule has 4 aliphatic rings. The van der Waals surface area contributed by atoms with Crippen molar-refractivity contribution >= 4 is 0 Å². The molecule has 4 fully saturated rings. The molecule has 2 aromatic rings. The van der Waals surface area contributed by atoms with E-state index in [4.69, 9.17) is 18.9 Å². The van der Waals surface area contributed by atoms with E-state index in [2.05, 4.69) is 69.8 Å². The zero-order valence-electron chi connectivity index (χ0n) is 37.1. The largest absolute Gasteiger partial charge is 0.490 e. The van der Waals surface area contributed by atoms with Gasteiger partial charge in [0.15, 0.2) is 23.0 Å². The van der Waals surface area contributed by atoms with Gasteiger partial charge in [-0.2, -0.15) is 0 Å². The second-order valence-corrected chi connectivity index (χ2v) is 18.3. The fraction of sp³-hybridized carbons (Fsp3) is 0.760. The summed E-state index contributed by atoms with van der Waals surface area (Å²) in [5, 5.41) is 0. The van der Waals surface area contributed by atoms with Gasteiger partial charge in [-0.3, -0.25) is 0 Å². The first-order valence-electron chi connectivity index (χ1n) is 24.3.